The van der Waals surface area contributed by atoms with E-state index in [-0.39, 0.29) is 5.82 Å². The summed E-state index contributed by atoms with van der Waals surface area (Å²) in [6.07, 6.45) is 2.56. The van der Waals surface area contributed by atoms with Crippen molar-refractivity contribution in [2.24, 2.45) is 7.05 Å². The van der Waals surface area contributed by atoms with E-state index in [1.165, 1.54) is 6.07 Å². The Morgan fingerprint density at radius 1 is 1.35 bits per heavy atom. The molecule has 0 aliphatic rings. The molecule has 0 aliphatic heterocycles. The summed E-state index contributed by atoms with van der Waals surface area (Å²) in [7, 11) is 3.83. The van der Waals surface area contributed by atoms with Crippen LogP contribution in [0, 0.1) is 5.82 Å². The lowest BCUT2D eigenvalue weighted by molar-refractivity contribution is 0.630. The van der Waals surface area contributed by atoms with Crippen LogP contribution in [0.1, 0.15) is 5.69 Å². The predicted molar refractivity (Wildman–Crippen MR) is 66.2 cm³/mol. The van der Waals surface area contributed by atoms with E-state index < -0.39 is 0 Å². The number of likely N-dealkylation sites (N-methyl/N-ethyl adjacent to an activating group) is 1. The largest absolute Gasteiger partial charge is 0.337 e. The first kappa shape index (κ1) is 11.8. The molecular formula is C13H16FN3. The average molecular weight is 233 g/mol. The molecule has 0 spiro atoms. The van der Waals surface area contributed by atoms with Crippen molar-refractivity contribution in [2.45, 2.75) is 6.42 Å². The normalized spacial score (nSPS) is 10.8. The first-order valence-electron chi connectivity index (χ1n) is 5.63. The Kier molecular flexibility index (Phi) is 3.54. The average Bonchev–Trinajstić information content (AvgIpc) is 2.69. The fourth-order valence-corrected chi connectivity index (χ4v) is 1.87. The number of nitrogens with one attached hydrogen (secondary N) is 1. The van der Waals surface area contributed by atoms with Crippen LogP contribution in [0.4, 0.5) is 4.39 Å². The number of hydrogen-bond donors (Lipinski definition) is 1. The van der Waals surface area contributed by atoms with E-state index >= 15 is 0 Å². The molecule has 3 nitrogen and oxygen atoms in total. The Morgan fingerprint density at radius 3 is 2.82 bits per heavy atom. The maximum Gasteiger partial charge on any atom is 0.132 e. The van der Waals surface area contributed by atoms with Gasteiger partial charge < -0.3 is 9.88 Å². The molecule has 0 unspecified atom stereocenters. The monoisotopic (exact) mass is 233 g/mol. The van der Waals surface area contributed by atoms with E-state index in [9.17, 15) is 4.39 Å². The van der Waals surface area contributed by atoms with Crippen molar-refractivity contribution in [3.05, 3.63) is 42.1 Å². The number of nitrogens with zero attached hydrogens (tertiary/aromatic N) is 2. The van der Waals surface area contributed by atoms with Crippen molar-refractivity contribution in [1.29, 1.82) is 0 Å². The summed E-state index contributed by atoms with van der Waals surface area (Å²) in [6.45, 7) is 0.848. The second-order valence-electron chi connectivity index (χ2n) is 3.98. The van der Waals surface area contributed by atoms with Crippen LogP contribution in [0.5, 0.6) is 0 Å². The molecule has 0 saturated heterocycles. The molecule has 17 heavy (non-hydrogen) atoms. The first-order valence-corrected chi connectivity index (χ1v) is 5.63. The van der Waals surface area contributed by atoms with Gasteiger partial charge in [0.2, 0.25) is 0 Å². The van der Waals surface area contributed by atoms with Crippen molar-refractivity contribution < 1.29 is 4.39 Å². The number of rotatable bonds is 4. The molecule has 1 N–H and O–H groups in total. The number of aromatic nitrogens is 2. The highest BCUT2D eigenvalue weighted by atomic mass is 19.1. The van der Waals surface area contributed by atoms with Gasteiger partial charge in [-0.1, -0.05) is 12.1 Å². The summed E-state index contributed by atoms with van der Waals surface area (Å²) < 4.78 is 15.7. The molecule has 2 rings (SSSR count). The molecule has 1 aromatic carbocycles. The van der Waals surface area contributed by atoms with E-state index in [2.05, 4.69) is 10.3 Å². The predicted octanol–water partition coefficient (Wildman–Crippen LogP) is 1.99. The molecule has 0 fully saturated rings. The minimum absolute atomic E-state index is 0.225. The number of imidazole rings is 1. The van der Waals surface area contributed by atoms with Gasteiger partial charge in [0.25, 0.3) is 0 Å². The van der Waals surface area contributed by atoms with Crippen molar-refractivity contribution in [3.8, 4) is 11.3 Å². The highest BCUT2D eigenvalue weighted by molar-refractivity contribution is 5.62. The second kappa shape index (κ2) is 5.10. The molecule has 1 heterocycles. The summed E-state index contributed by atoms with van der Waals surface area (Å²) in [6, 6.07) is 6.75. The van der Waals surface area contributed by atoms with E-state index in [0.717, 1.165) is 24.4 Å². The van der Waals surface area contributed by atoms with Gasteiger partial charge in [0.15, 0.2) is 0 Å². The summed E-state index contributed by atoms with van der Waals surface area (Å²) >= 11 is 0. The standard InChI is InChI=1S/C13H16FN3/c1-15-8-7-12-13(16-9-17(12)2)10-5-3-4-6-11(10)14/h3-6,9,15H,7-8H2,1-2H3. The highest BCUT2D eigenvalue weighted by Gasteiger charge is 2.13. The van der Waals surface area contributed by atoms with Gasteiger partial charge in [-0.05, 0) is 19.2 Å². The third kappa shape index (κ3) is 2.36. The summed E-state index contributed by atoms with van der Waals surface area (Å²) in [5.41, 5.74) is 2.35. The molecule has 90 valence electrons. The number of benzene rings is 1. The molecule has 0 amide bonds. The minimum atomic E-state index is -0.225. The molecule has 0 saturated carbocycles. The van der Waals surface area contributed by atoms with Crippen molar-refractivity contribution in [1.82, 2.24) is 14.9 Å². The topological polar surface area (TPSA) is 29.9 Å². The maximum absolute atomic E-state index is 13.7. The van der Waals surface area contributed by atoms with Gasteiger partial charge in [-0.15, -0.1) is 0 Å². The van der Waals surface area contributed by atoms with Crippen LogP contribution < -0.4 is 5.32 Å². The molecular weight excluding hydrogens is 217 g/mol. The Morgan fingerprint density at radius 2 is 2.12 bits per heavy atom. The Hall–Kier alpha value is -1.68. The minimum Gasteiger partial charge on any atom is -0.337 e. The van der Waals surface area contributed by atoms with Gasteiger partial charge in [-0.2, -0.15) is 0 Å². The first-order chi connectivity index (χ1) is 8.24. The molecule has 0 atom stereocenters. The zero-order valence-corrected chi connectivity index (χ0v) is 10.1. The van der Waals surface area contributed by atoms with Crippen molar-refractivity contribution in [2.75, 3.05) is 13.6 Å². The second-order valence-corrected chi connectivity index (χ2v) is 3.98. The third-order valence-electron chi connectivity index (χ3n) is 2.80. The summed E-state index contributed by atoms with van der Waals surface area (Å²) in [5.74, 6) is -0.225. The number of hydrogen-bond acceptors (Lipinski definition) is 2. The van der Waals surface area contributed by atoms with E-state index in [1.54, 1.807) is 18.5 Å². The Labute approximate surface area is 100 Å². The lowest BCUT2D eigenvalue weighted by Gasteiger charge is -2.06. The lowest BCUT2D eigenvalue weighted by atomic mass is 10.1. The zero-order valence-electron chi connectivity index (χ0n) is 10.1. The Balaban J connectivity index is 2.42. The quantitative estimate of drug-likeness (QED) is 0.875. The number of aryl methyl sites for hydroxylation is 1. The van der Waals surface area contributed by atoms with Crippen molar-refractivity contribution in [3.63, 3.8) is 0 Å². The van der Waals surface area contributed by atoms with E-state index in [0.29, 0.717) is 5.56 Å². The molecule has 0 radical (unpaired) electrons. The third-order valence-corrected chi connectivity index (χ3v) is 2.80. The molecule has 0 bridgehead atoms. The van der Waals surface area contributed by atoms with Gasteiger partial charge in [-0.3, -0.25) is 0 Å². The van der Waals surface area contributed by atoms with Crippen LogP contribution in [-0.2, 0) is 13.5 Å². The fraction of sp³-hybridized carbons (Fsp3) is 0.308. The molecule has 1 aromatic heterocycles. The maximum atomic E-state index is 13.7. The van der Waals surface area contributed by atoms with Crippen LogP contribution >= 0.6 is 0 Å². The van der Waals surface area contributed by atoms with E-state index in [1.807, 2.05) is 24.7 Å². The fourth-order valence-electron chi connectivity index (χ4n) is 1.87. The molecule has 4 heteroatoms. The molecule has 0 aliphatic carbocycles. The van der Waals surface area contributed by atoms with Crippen LogP contribution in [0.3, 0.4) is 0 Å². The van der Waals surface area contributed by atoms with Gasteiger partial charge in [0.05, 0.1) is 12.0 Å². The highest BCUT2D eigenvalue weighted by Crippen LogP contribution is 2.24. The van der Waals surface area contributed by atoms with Crippen LogP contribution in [-0.4, -0.2) is 23.1 Å². The van der Waals surface area contributed by atoms with Gasteiger partial charge in [0, 0.05) is 31.3 Å². The van der Waals surface area contributed by atoms with Gasteiger partial charge in [0.1, 0.15) is 5.82 Å². The zero-order chi connectivity index (χ0) is 12.3. The SMILES string of the molecule is CNCCc1c(-c2ccccc2F)ncn1C. The summed E-state index contributed by atoms with van der Waals surface area (Å²) in [5, 5.41) is 3.09. The Bertz CT molecular complexity index is 505. The van der Waals surface area contributed by atoms with Gasteiger partial charge >= 0.3 is 0 Å². The molecule has 2 aromatic rings. The smallest absolute Gasteiger partial charge is 0.132 e. The van der Waals surface area contributed by atoms with Crippen LogP contribution in [0.25, 0.3) is 11.3 Å². The van der Waals surface area contributed by atoms with E-state index in [4.69, 9.17) is 0 Å². The van der Waals surface area contributed by atoms with Crippen LogP contribution in [0.15, 0.2) is 30.6 Å². The lowest BCUT2D eigenvalue weighted by Crippen LogP contribution is -2.12. The van der Waals surface area contributed by atoms with Crippen molar-refractivity contribution >= 4 is 0 Å². The van der Waals surface area contributed by atoms with Gasteiger partial charge in [-0.25, -0.2) is 9.37 Å². The number of halogens is 1. The van der Waals surface area contributed by atoms with Crippen LogP contribution in [0.2, 0.25) is 0 Å². The summed E-state index contributed by atoms with van der Waals surface area (Å²) in [4.78, 5) is 4.29.